The summed E-state index contributed by atoms with van der Waals surface area (Å²) in [7, 11) is -3.36. The topological polar surface area (TPSA) is 98.8 Å². The Balaban J connectivity index is 1.99. The summed E-state index contributed by atoms with van der Waals surface area (Å²) in [6, 6.07) is 8.28. The van der Waals surface area contributed by atoms with Crippen LogP contribution >= 0.6 is 11.6 Å². The Hall–Kier alpha value is -2.72. The molecule has 0 atom stereocenters. The lowest BCUT2D eigenvalue weighted by molar-refractivity contribution is -0.119. The quantitative estimate of drug-likeness (QED) is 0.673. The van der Waals surface area contributed by atoms with E-state index < -0.39 is 39.0 Å². The second-order valence-electron chi connectivity index (χ2n) is 5.30. The maximum atomic E-state index is 12.5. The van der Waals surface area contributed by atoms with Crippen molar-refractivity contribution in [3.05, 3.63) is 53.1 Å². The van der Waals surface area contributed by atoms with Crippen molar-refractivity contribution in [2.45, 2.75) is 10.7 Å². The van der Waals surface area contributed by atoms with Crippen molar-refractivity contribution in [2.24, 2.45) is 0 Å². The summed E-state index contributed by atoms with van der Waals surface area (Å²) in [5, 5.41) is 2.82. The van der Waals surface area contributed by atoms with Crippen LogP contribution in [0.5, 0.6) is 5.75 Å². The molecule has 11 heteroatoms. The van der Waals surface area contributed by atoms with Crippen LogP contribution in [0.3, 0.4) is 0 Å². The van der Waals surface area contributed by atoms with Gasteiger partial charge in [-0.15, -0.1) is 0 Å². The zero-order valence-electron chi connectivity index (χ0n) is 14.3. The third-order valence-corrected chi connectivity index (χ3v) is 5.06. The van der Waals surface area contributed by atoms with Crippen molar-refractivity contribution in [1.29, 1.82) is 0 Å². The van der Waals surface area contributed by atoms with Crippen LogP contribution in [-0.2, 0) is 19.4 Å². The number of halogens is 3. The zero-order chi connectivity index (χ0) is 20.9. The molecule has 0 aliphatic heterocycles. The van der Waals surface area contributed by atoms with Crippen molar-refractivity contribution >= 4 is 39.0 Å². The highest BCUT2D eigenvalue weighted by atomic mass is 35.5. The molecule has 2 aromatic rings. The van der Waals surface area contributed by atoms with Crippen LogP contribution in [0.1, 0.15) is 10.4 Å². The van der Waals surface area contributed by atoms with Gasteiger partial charge in [0.2, 0.25) is 9.84 Å². The van der Waals surface area contributed by atoms with E-state index in [2.05, 4.69) is 5.32 Å². The van der Waals surface area contributed by atoms with Crippen molar-refractivity contribution in [3.8, 4) is 5.75 Å². The molecule has 0 bridgehead atoms. The largest absolute Gasteiger partial charge is 0.495 e. The van der Waals surface area contributed by atoms with Gasteiger partial charge >= 0.3 is 11.7 Å². The minimum atomic E-state index is -4.76. The highest BCUT2D eigenvalue weighted by molar-refractivity contribution is 7.91. The van der Waals surface area contributed by atoms with Gasteiger partial charge in [-0.25, -0.2) is 13.2 Å². The van der Waals surface area contributed by atoms with Gasteiger partial charge in [-0.1, -0.05) is 11.6 Å². The van der Waals surface area contributed by atoms with Gasteiger partial charge in [-0.2, -0.15) is 8.78 Å². The second-order valence-corrected chi connectivity index (χ2v) is 7.65. The first-order chi connectivity index (χ1) is 13.1. The maximum Gasteiger partial charge on any atom is 0.341 e. The molecular weight excluding hydrogens is 420 g/mol. The summed E-state index contributed by atoms with van der Waals surface area (Å²) < 4.78 is 57.5. The van der Waals surface area contributed by atoms with Crippen LogP contribution in [0, 0.1) is 0 Å². The highest BCUT2D eigenvalue weighted by Crippen LogP contribution is 2.27. The van der Waals surface area contributed by atoms with Gasteiger partial charge in [0, 0.05) is 5.02 Å². The Kier molecular flexibility index (Phi) is 6.92. The lowest BCUT2D eigenvalue weighted by atomic mass is 10.2. The van der Waals surface area contributed by atoms with Crippen LogP contribution in [0.25, 0.3) is 0 Å². The maximum absolute atomic E-state index is 12.5. The van der Waals surface area contributed by atoms with Crippen LogP contribution in [0.15, 0.2) is 47.4 Å². The molecule has 0 aliphatic carbocycles. The van der Waals surface area contributed by atoms with Gasteiger partial charge < -0.3 is 14.8 Å². The number of carbonyl (C=O) groups is 2. The number of nitrogens with one attached hydrogen (secondary N) is 1. The van der Waals surface area contributed by atoms with Crippen LogP contribution in [0.4, 0.5) is 14.5 Å². The van der Waals surface area contributed by atoms with E-state index in [1.54, 1.807) is 12.1 Å². The van der Waals surface area contributed by atoms with Crippen molar-refractivity contribution < 1.29 is 36.3 Å². The normalized spacial score (nSPS) is 11.2. The minimum absolute atomic E-state index is 0.110. The molecule has 0 saturated heterocycles. The number of anilines is 1. The number of methoxy groups -OCH3 is 1. The smallest absolute Gasteiger partial charge is 0.341 e. The molecule has 150 valence electrons. The number of sulfone groups is 1. The zero-order valence-corrected chi connectivity index (χ0v) is 15.9. The molecule has 0 spiro atoms. The molecule has 0 heterocycles. The predicted molar refractivity (Wildman–Crippen MR) is 96.5 cm³/mol. The average Bonchev–Trinajstić information content (AvgIpc) is 2.66. The van der Waals surface area contributed by atoms with Crippen molar-refractivity contribution in [2.75, 3.05) is 19.0 Å². The number of alkyl halides is 2. The number of esters is 1. The summed E-state index contributed by atoms with van der Waals surface area (Å²) in [5.41, 5.74) is 0.166. The van der Waals surface area contributed by atoms with Crippen molar-refractivity contribution in [1.82, 2.24) is 0 Å². The standard InChI is InChI=1S/C17H14ClF2NO6S/c1-26-14-7-4-11(18)8-13(14)21-15(22)9-27-16(23)10-2-5-12(6-3-10)28(24,25)17(19)20/h2-8,17H,9H2,1H3,(H,21,22). The summed E-state index contributed by atoms with van der Waals surface area (Å²) >= 11 is 5.85. The Morgan fingerprint density at radius 2 is 1.79 bits per heavy atom. The monoisotopic (exact) mass is 433 g/mol. The molecule has 7 nitrogen and oxygen atoms in total. The van der Waals surface area contributed by atoms with Gasteiger partial charge in [0.1, 0.15) is 5.75 Å². The lowest BCUT2D eigenvalue weighted by Crippen LogP contribution is -2.21. The average molecular weight is 434 g/mol. The fraction of sp³-hybridized carbons (Fsp3) is 0.176. The van der Waals surface area contributed by atoms with Gasteiger partial charge in [-0.05, 0) is 42.5 Å². The molecule has 28 heavy (non-hydrogen) atoms. The minimum Gasteiger partial charge on any atom is -0.495 e. The summed E-state index contributed by atoms with van der Waals surface area (Å²) in [6.45, 7) is -0.647. The Morgan fingerprint density at radius 3 is 2.36 bits per heavy atom. The number of ether oxygens (including phenoxy) is 2. The summed E-state index contributed by atoms with van der Waals surface area (Å²) in [5.74, 6) is -4.84. The predicted octanol–water partition coefficient (Wildman–Crippen LogP) is 3.14. The highest BCUT2D eigenvalue weighted by Gasteiger charge is 2.26. The molecule has 0 unspecified atom stereocenters. The Morgan fingerprint density at radius 1 is 1.14 bits per heavy atom. The molecule has 0 aliphatic rings. The third-order valence-electron chi connectivity index (χ3n) is 3.42. The molecule has 0 radical (unpaired) electrons. The Labute approximate surface area is 164 Å². The molecule has 0 aromatic heterocycles. The number of hydrogen-bond donors (Lipinski definition) is 1. The summed E-state index contributed by atoms with van der Waals surface area (Å²) in [6.07, 6.45) is 0. The Bertz CT molecular complexity index is 980. The number of benzene rings is 2. The van der Waals surface area contributed by atoms with E-state index in [1.807, 2.05) is 0 Å². The van der Waals surface area contributed by atoms with E-state index in [0.717, 1.165) is 24.3 Å². The molecule has 2 aromatic carbocycles. The van der Waals surface area contributed by atoms with E-state index >= 15 is 0 Å². The molecule has 2 rings (SSSR count). The van der Waals surface area contributed by atoms with Gasteiger partial charge in [0.05, 0.1) is 23.3 Å². The molecular formula is C17H14ClF2NO6S. The third kappa shape index (κ3) is 5.17. The number of amides is 1. The van der Waals surface area contributed by atoms with E-state index in [9.17, 15) is 26.8 Å². The SMILES string of the molecule is COc1ccc(Cl)cc1NC(=O)COC(=O)c1ccc(S(=O)(=O)C(F)F)cc1. The molecule has 1 N–H and O–H groups in total. The van der Waals surface area contributed by atoms with Gasteiger partial charge in [0.15, 0.2) is 6.61 Å². The number of carbonyl (C=O) groups excluding carboxylic acids is 2. The van der Waals surface area contributed by atoms with Gasteiger partial charge in [-0.3, -0.25) is 4.79 Å². The van der Waals surface area contributed by atoms with E-state index in [4.69, 9.17) is 21.1 Å². The van der Waals surface area contributed by atoms with E-state index in [1.165, 1.54) is 13.2 Å². The van der Waals surface area contributed by atoms with Crippen LogP contribution < -0.4 is 10.1 Å². The first kappa shape index (κ1) is 21.6. The first-order valence-electron chi connectivity index (χ1n) is 7.57. The first-order valence-corrected chi connectivity index (χ1v) is 9.50. The van der Waals surface area contributed by atoms with Crippen LogP contribution in [-0.4, -0.2) is 39.8 Å². The lowest BCUT2D eigenvalue weighted by Gasteiger charge is -2.11. The number of hydrogen-bond acceptors (Lipinski definition) is 6. The number of rotatable bonds is 7. The van der Waals surface area contributed by atoms with E-state index in [0.29, 0.717) is 10.8 Å². The molecule has 0 saturated carbocycles. The van der Waals surface area contributed by atoms with Crippen LogP contribution in [0.2, 0.25) is 5.02 Å². The van der Waals surface area contributed by atoms with E-state index in [-0.39, 0.29) is 11.3 Å². The molecule has 0 fully saturated rings. The fourth-order valence-corrected chi connectivity index (χ4v) is 2.96. The van der Waals surface area contributed by atoms with Crippen molar-refractivity contribution in [3.63, 3.8) is 0 Å². The fourth-order valence-electron chi connectivity index (χ4n) is 2.06. The van der Waals surface area contributed by atoms with Gasteiger partial charge in [0.25, 0.3) is 5.91 Å². The molecule has 1 amide bonds. The second kappa shape index (κ2) is 8.98. The summed E-state index contributed by atoms with van der Waals surface area (Å²) in [4.78, 5) is 23.2.